The molecule has 2 N–H and O–H groups in total. The van der Waals surface area contributed by atoms with Crippen molar-refractivity contribution in [3.05, 3.63) is 46.4 Å². The quantitative estimate of drug-likeness (QED) is 0.726. The summed E-state index contributed by atoms with van der Waals surface area (Å²) in [5.41, 5.74) is 0. The normalized spacial score (nSPS) is 31.6. The van der Waals surface area contributed by atoms with Crippen LogP contribution >= 0.6 is 22.9 Å². The Morgan fingerprint density at radius 3 is 2.86 bits per heavy atom. The maximum absolute atomic E-state index is 9.76. The first-order valence-electron chi connectivity index (χ1n) is 4.14. The van der Waals surface area contributed by atoms with Crippen molar-refractivity contribution in [1.82, 2.24) is 0 Å². The summed E-state index contributed by atoms with van der Waals surface area (Å²) < 4.78 is 0. The third-order valence-electron chi connectivity index (χ3n) is 2.21. The van der Waals surface area contributed by atoms with E-state index < -0.39 is 11.0 Å². The van der Waals surface area contributed by atoms with Crippen molar-refractivity contribution in [3.8, 4) is 0 Å². The Hall–Kier alpha value is -0.770. The molecule has 1 aromatic heterocycles. The second kappa shape index (κ2) is 3.42. The van der Waals surface area contributed by atoms with Crippen LogP contribution in [0.2, 0.25) is 0 Å². The van der Waals surface area contributed by atoms with Crippen LogP contribution in [0.5, 0.6) is 0 Å². The van der Waals surface area contributed by atoms with Gasteiger partial charge in [0.15, 0.2) is 4.87 Å². The van der Waals surface area contributed by atoms with Gasteiger partial charge in [0.1, 0.15) is 11.9 Å². The highest BCUT2D eigenvalue weighted by molar-refractivity contribution is 7.10. The number of hydrogen-bond donors (Lipinski definition) is 2. The van der Waals surface area contributed by atoms with Gasteiger partial charge in [-0.2, -0.15) is 0 Å². The summed E-state index contributed by atoms with van der Waals surface area (Å²) in [6.07, 6.45) is 3.76. The van der Waals surface area contributed by atoms with E-state index in [1.807, 2.05) is 11.4 Å². The molecule has 0 aromatic carbocycles. The molecule has 1 heterocycles. The van der Waals surface area contributed by atoms with E-state index in [1.54, 1.807) is 18.2 Å². The molecule has 1 aliphatic rings. The van der Waals surface area contributed by atoms with Gasteiger partial charge in [0.05, 0.1) is 0 Å². The largest absolute Gasteiger partial charge is 0.510 e. The Morgan fingerprint density at radius 1 is 1.50 bits per heavy atom. The topological polar surface area (TPSA) is 40.5 Å². The summed E-state index contributed by atoms with van der Waals surface area (Å²) in [5, 5.41) is 21.3. The minimum absolute atomic E-state index is 0.0170. The molecule has 1 aliphatic carbocycles. The zero-order valence-corrected chi connectivity index (χ0v) is 8.79. The van der Waals surface area contributed by atoms with Gasteiger partial charge in [-0.1, -0.05) is 18.2 Å². The molecule has 74 valence electrons. The highest BCUT2D eigenvalue weighted by Crippen LogP contribution is 2.43. The molecule has 1 aromatic rings. The number of halogens is 1. The molecular formula is C10H9ClO2S. The molecule has 0 saturated carbocycles. The minimum atomic E-state index is -1.21. The van der Waals surface area contributed by atoms with Gasteiger partial charge in [-0.3, -0.25) is 0 Å². The zero-order chi connectivity index (χ0) is 10.2. The first-order chi connectivity index (χ1) is 6.65. The maximum Gasteiger partial charge on any atom is 0.164 e. The fourth-order valence-electron chi connectivity index (χ4n) is 1.41. The maximum atomic E-state index is 9.76. The molecular weight excluding hydrogens is 220 g/mol. The summed E-state index contributed by atoms with van der Waals surface area (Å²) in [6.45, 7) is 0. The summed E-state index contributed by atoms with van der Waals surface area (Å²) >= 11 is 7.64. The summed E-state index contributed by atoms with van der Waals surface area (Å²) in [6, 6.07) is 3.63. The fraction of sp³-hybridized carbons (Fsp3) is 0.200. The van der Waals surface area contributed by atoms with Crippen LogP contribution in [0.4, 0.5) is 0 Å². The van der Waals surface area contributed by atoms with E-state index in [4.69, 9.17) is 11.6 Å². The molecule has 2 nitrogen and oxygen atoms in total. The number of thiophene rings is 1. The van der Waals surface area contributed by atoms with Crippen LogP contribution in [0.1, 0.15) is 4.88 Å². The number of aliphatic hydroxyl groups excluding tert-OH is 2. The Labute approximate surface area is 90.8 Å². The van der Waals surface area contributed by atoms with Crippen molar-refractivity contribution in [1.29, 1.82) is 0 Å². The van der Waals surface area contributed by atoms with Crippen LogP contribution in [0.3, 0.4) is 0 Å². The highest BCUT2D eigenvalue weighted by Gasteiger charge is 2.42. The summed E-state index contributed by atoms with van der Waals surface area (Å²) in [4.78, 5) is -0.465. The van der Waals surface area contributed by atoms with Gasteiger partial charge in [0.2, 0.25) is 0 Å². The molecule has 0 spiro atoms. The Balaban J connectivity index is 2.49. The second-order valence-corrected chi connectivity index (χ2v) is 4.61. The summed E-state index contributed by atoms with van der Waals surface area (Å²) in [7, 11) is 0. The zero-order valence-electron chi connectivity index (χ0n) is 7.22. The number of rotatable bonds is 1. The van der Waals surface area contributed by atoms with E-state index >= 15 is 0 Å². The Kier molecular flexibility index (Phi) is 2.39. The van der Waals surface area contributed by atoms with Gasteiger partial charge < -0.3 is 10.2 Å². The SMILES string of the molecule is OC1=CC=CC(O)C1(Cl)c1cccs1. The molecule has 4 heteroatoms. The molecule has 14 heavy (non-hydrogen) atoms. The molecule has 0 aliphatic heterocycles. The van der Waals surface area contributed by atoms with E-state index in [2.05, 4.69) is 0 Å². The number of aliphatic hydroxyl groups is 2. The van der Waals surface area contributed by atoms with Gasteiger partial charge in [-0.25, -0.2) is 0 Å². The lowest BCUT2D eigenvalue weighted by Gasteiger charge is -2.30. The van der Waals surface area contributed by atoms with Crippen LogP contribution in [0.15, 0.2) is 41.5 Å². The highest BCUT2D eigenvalue weighted by atomic mass is 35.5. The molecule has 2 unspecified atom stereocenters. The molecule has 0 fully saturated rings. The van der Waals surface area contributed by atoms with Crippen molar-refractivity contribution in [2.45, 2.75) is 11.0 Å². The lowest BCUT2D eigenvalue weighted by atomic mass is 9.93. The van der Waals surface area contributed by atoms with E-state index in [0.717, 1.165) is 4.88 Å². The standard InChI is InChI=1S/C10H9ClO2S/c11-10(9-5-2-6-14-9)7(12)3-1-4-8(10)13/h1-7,12-13H. The van der Waals surface area contributed by atoms with Crippen LogP contribution in [-0.2, 0) is 4.87 Å². The first-order valence-corrected chi connectivity index (χ1v) is 5.40. The molecule has 2 rings (SSSR count). The van der Waals surface area contributed by atoms with Gasteiger partial charge in [-0.05, 0) is 17.5 Å². The molecule has 0 saturated heterocycles. The van der Waals surface area contributed by atoms with E-state index in [-0.39, 0.29) is 5.76 Å². The molecule has 0 radical (unpaired) electrons. The van der Waals surface area contributed by atoms with Crippen LogP contribution < -0.4 is 0 Å². The van der Waals surface area contributed by atoms with Crippen molar-refractivity contribution in [2.75, 3.05) is 0 Å². The average Bonchev–Trinajstić information content (AvgIpc) is 2.67. The third kappa shape index (κ3) is 1.29. The number of allylic oxidation sites excluding steroid dienone is 2. The Morgan fingerprint density at radius 2 is 2.29 bits per heavy atom. The van der Waals surface area contributed by atoms with Crippen molar-refractivity contribution < 1.29 is 10.2 Å². The van der Waals surface area contributed by atoms with Gasteiger partial charge in [-0.15, -0.1) is 22.9 Å². The lowest BCUT2D eigenvalue weighted by Crippen LogP contribution is -2.35. The van der Waals surface area contributed by atoms with E-state index in [9.17, 15) is 10.2 Å². The monoisotopic (exact) mass is 228 g/mol. The fourth-order valence-corrected chi connectivity index (χ4v) is 2.60. The molecule has 2 atom stereocenters. The van der Waals surface area contributed by atoms with Crippen LogP contribution in [-0.4, -0.2) is 16.3 Å². The first kappa shape index (κ1) is 9.77. The van der Waals surface area contributed by atoms with Crippen molar-refractivity contribution >= 4 is 22.9 Å². The van der Waals surface area contributed by atoms with Crippen molar-refractivity contribution in [3.63, 3.8) is 0 Å². The number of alkyl halides is 1. The van der Waals surface area contributed by atoms with Gasteiger partial charge in [0.25, 0.3) is 0 Å². The predicted molar refractivity (Wildman–Crippen MR) is 57.7 cm³/mol. The lowest BCUT2D eigenvalue weighted by molar-refractivity contribution is 0.156. The predicted octanol–water partition coefficient (Wildman–Crippen LogP) is 2.55. The number of hydrogen-bond acceptors (Lipinski definition) is 3. The van der Waals surface area contributed by atoms with Crippen LogP contribution in [0, 0.1) is 0 Å². The molecule has 0 amide bonds. The summed E-state index contributed by atoms with van der Waals surface area (Å²) in [5.74, 6) is -0.0170. The Bertz CT molecular complexity index is 383. The molecule has 0 bridgehead atoms. The second-order valence-electron chi connectivity index (χ2n) is 3.07. The average molecular weight is 229 g/mol. The van der Waals surface area contributed by atoms with Gasteiger partial charge >= 0.3 is 0 Å². The van der Waals surface area contributed by atoms with E-state index in [1.165, 1.54) is 17.4 Å². The smallest absolute Gasteiger partial charge is 0.164 e. The van der Waals surface area contributed by atoms with Crippen molar-refractivity contribution in [2.24, 2.45) is 0 Å². The van der Waals surface area contributed by atoms with E-state index in [0.29, 0.717) is 0 Å². The third-order valence-corrected chi connectivity index (χ3v) is 3.95. The van der Waals surface area contributed by atoms with Gasteiger partial charge in [0, 0.05) is 4.88 Å². The minimum Gasteiger partial charge on any atom is -0.510 e. The van der Waals surface area contributed by atoms with Crippen LogP contribution in [0.25, 0.3) is 0 Å².